The molecule has 0 amide bonds. The molecular formula is C26H26O4S2. The first-order valence-electron chi connectivity index (χ1n) is 10.0. The lowest BCUT2D eigenvalue weighted by Gasteiger charge is -2.11. The molecule has 0 heterocycles. The maximum Gasteiger partial charge on any atom is 0.176 e. The normalized spacial score (nSPS) is 12.6. The summed E-state index contributed by atoms with van der Waals surface area (Å²) in [5.41, 5.74) is 4.67. The smallest absolute Gasteiger partial charge is 0.176 e. The van der Waals surface area contributed by atoms with E-state index in [0.717, 1.165) is 34.8 Å². The lowest BCUT2D eigenvalue weighted by Crippen LogP contribution is -2.06. The highest BCUT2D eigenvalue weighted by atomic mass is 32.2. The largest absolute Gasteiger partial charge is 0.224 e. The minimum Gasteiger partial charge on any atom is -0.224 e. The van der Waals surface area contributed by atoms with Gasteiger partial charge in [0.25, 0.3) is 0 Å². The van der Waals surface area contributed by atoms with Crippen LogP contribution in [0.1, 0.15) is 33.4 Å². The van der Waals surface area contributed by atoms with Gasteiger partial charge in [-0.15, -0.1) is 0 Å². The van der Waals surface area contributed by atoms with Crippen LogP contribution in [0, 0.1) is 13.8 Å². The van der Waals surface area contributed by atoms with Crippen molar-refractivity contribution in [2.75, 3.05) is 12.5 Å². The van der Waals surface area contributed by atoms with Gasteiger partial charge in [-0.2, -0.15) is 0 Å². The van der Waals surface area contributed by atoms with Crippen LogP contribution in [0.2, 0.25) is 0 Å². The van der Waals surface area contributed by atoms with Gasteiger partial charge in [-0.05, 0) is 48.2 Å². The van der Waals surface area contributed by atoms with E-state index in [0.29, 0.717) is 11.1 Å². The van der Waals surface area contributed by atoms with E-state index < -0.39 is 19.7 Å². The first-order chi connectivity index (χ1) is 14.9. The fraction of sp³-hybridized carbons (Fsp3) is 0.154. The molecule has 0 aliphatic rings. The average Bonchev–Trinajstić information content (AvgIpc) is 2.71. The molecule has 6 heteroatoms. The Hall–Kier alpha value is -2.96. The molecule has 0 saturated carbocycles. The highest BCUT2D eigenvalue weighted by molar-refractivity contribution is 7.91. The van der Waals surface area contributed by atoms with Crippen LogP contribution in [0.25, 0.3) is 24.3 Å². The van der Waals surface area contributed by atoms with Crippen LogP contribution in [0.5, 0.6) is 0 Å². The summed E-state index contributed by atoms with van der Waals surface area (Å²) in [4.78, 5) is 0.161. The Balaban J connectivity index is 2.15. The summed E-state index contributed by atoms with van der Waals surface area (Å²) in [6.45, 7) is 3.97. The van der Waals surface area contributed by atoms with Crippen LogP contribution in [0.3, 0.4) is 0 Å². The number of benzene rings is 3. The molecule has 3 aromatic rings. The van der Waals surface area contributed by atoms with Crippen molar-refractivity contribution in [3.05, 3.63) is 94.0 Å². The van der Waals surface area contributed by atoms with Crippen LogP contribution in [0.15, 0.2) is 70.5 Å². The van der Waals surface area contributed by atoms with Crippen molar-refractivity contribution < 1.29 is 16.8 Å². The van der Waals surface area contributed by atoms with E-state index in [1.807, 2.05) is 62.4 Å². The van der Waals surface area contributed by atoms with Gasteiger partial charge in [-0.25, -0.2) is 16.8 Å². The number of sulfone groups is 2. The number of rotatable bonds is 6. The third kappa shape index (κ3) is 6.05. The molecule has 0 aliphatic carbocycles. The van der Waals surface area contributed by atoms with Gasteiger partial charge < -0.3 is 0 Å². The lowest BCUT2D eigenvalue weighted by atomic mass is 10.1. The molecule has 3 aromatic carbocycles. The second-order valence-electron chi connectivity index (χ2n) is 7.96. The molecule has 0 saturated heterocycles. The molecule has 166 valence electrons. The minimum absolute atomic E-state index is 0.0804. The second-order valence-corrected chi connectivity index (χ2v) is 11.9. The molecular weight excluding hydrogens is 440 g/mol. The Bertz CT molecular complexity index is 1280. The highest BCUT2D eigenvalue weighted by Crippen LogP contribution is 2.28. The molecule has 3 rings (SSSR count). The molecule has 0 N–H and O–H groups in total. The first kappa shape index (κ1) is 23.7. The number of hydrogen-bond donors (Lipinski definition) is 0. The van der Waals surface area contributed by atoms with E-state index in [1.54, 1.807) is 24.3 Å². The fourth-order valence-corrected chi connectivity index (χ4v) is 5.01. The molecule has 0 fully saturated rings. The summed E-state index contributed by atoms with van der Waals surface area (Å²) in [6.07, 6.45) is 9.08. The van der Waals surface area contributed by atoms with Crippen molar-refractivity contribution in [3.63, 3.8) is 0 Å². The van der Waals surface area contributed by atoms with Crippen molar-refractivity contribution in [1.82, 2.24) is 0 Å². The average molecular weight is 467 g/mol. The summed E-state index contributed by atoms with van der Waals surface area (Å²) in [5.74, 6) is 0. The Kier molecular flexibility index (Phi) is 6.86. The zero-order valence-corrected chi connectivity index (χ0v) is 20.2. The zero-order chi connectivity index (χ0) is 23.5. The van der Waals surface area contributed by atoms with Gasteiger partial charge in [0.15, 0.2) is 19.7 Å². The van der Waals surface area contributed by atoms with Crippen LogP contribution >= 0.6 is 0 Å². The predicted molar refractivity (Wildman–Crippen MR) is 133 cm³/mol. The third-order valence-electron chi connectivity index (χ3n) is 5.01. The molecule has 4 nitrogen and oxygen atoms in total. The molecule has 0 aromatic heterocycles. The lowest BCUT2D eigenvalue weighted by molar-refractivity contribution is 0.597. The van der Waals surface area contributed by atoms with Crippen molar-refractivity contribution >= 4 is 44.0 Å². The van der Waals surface area contributed by atoms with Crippen molar-refractivity contribution in [3.8, 4) is 0 Å². The Morgan fingerprint density at radius 2 is 0.844 bits per heavy atom. The summed E-state index contributed by atoms with van der Waals surface area (Å²) < 4.78 is 50.1. The fourth-order valence-electron chi connectivity index (χ4n) is 3.22. The van der Waals surface area contributed by atoms with E-state index in [9.17, 15) is 16.8 Å². The molecule has 0 bridgehead atoms. The van der Waals surface area contributed by atoms with Crippen molar-refractivity contribution in [2.24, 2.45) is 0 Å². The zero-order valence-electron chi connectivity index (χ0n) is 18.5. The summed E-state index contributed by atoms with van der Waals surface area (Å²) >= 11 is 0. The van der Waals surface area contributed by atoms with Gasteiger partial charge in [0, 0.05) is 12.5 Å². The Morgan fingerprint density at radius 3 is 1.12 bits per heavy atom. The van der Waals surface area contributed by atoms with Crippen LogP contribution in [-0.2, 0) is 19.7 Å². The number of aryl methyl sites for hydroxylation is 2. The van der Waals surface area contributed by atoms with Crippen molar-refractivity contribution in [2.45, 2.75) is 23.6 Å². The van der Waals surface area contributed by atoms with E-state index in [-0.39, 0.29) is 9.79 Å². The van der Waals surface area contributed by atoms with Gasteiger partial charge in [-0.3, -0.25) is 0 Å². The monoisotopic (exact) mass is 466 g/mol. The highest BCUT2D eigenvalue weighted by Gasteiger charge is 2.19. The summed E-state index contributed by atoms with van der Waals surface area (Å²) in [6, 6.07) is 18.4. The molecule has 0 unspecified atom stereocenters. The predicted octanol–water partition coefficient (Wildman–Crippen LogP) is 5.45. The molecule has 0 atom stereocenters. The molecule has 0 spiro atoms. The molecule has 0 aliphatic heterocycles. The van der Waals surface area contributed by atoms with Gasteiger partial charge in [0.2, 0.25) is 0 Å². The second kappa shape index (κ2) is 9.27. The Labute approximate surface area is 190 Å². The summed E-state index contributed by atoms with van der Waals surface area (Å²) in [5, 5.41) is 0. The topological polar surface area (TPSA) is 68.3 Å². The van der Waals surface area contributed by atoms with Gasteiger partial charge in [0.1, 0.15) is 0 Å². The van der Waals surface area contributed by atoms with Crippen LogP contribution in [0.4, 0.5) is 0 Å². The molecule has 0 radical (unpaired) electrons. The SMILES string of the molecule is Cc1ccc(/C=C/c2cc(S(C)(=O)=O)c(/C=C/c3ccc(C)cc3)cc2S(C)(=O)=O)cc1. The quantitative estimate of drug-likeness (QED) is 0.453. The minimum atomic E-state index is -3.60. The van der Waals surface area contributed by atoms with Crippen LogP contribution in [-0.4, -0.2) is 29.3 Å². The van der Waals surface area contributed by atoms with E-state index in [1.165, 1.54) is 12.1 Å². The first-order valence-corrected chi connectivity index (χ1v) is 13.8. The van der Waals surface area contributed by atoms with Crippen LogP contribution < -0.4 is 0 Å². The van der Waals surface area contributed by atoms with E-state index >= 15 is 0 Å². The number of hydrogen-bond acceptors (Lipinski definition) is 4. The maximum atomic E-state index is 12.5. The van der Waals surface area contributed by atoms with E-state index in [4.69, 9.17) is 0 Å². The van der Waals surface area contributed by atoms with Crippen molar-refractivity contribution in [1.29, 1.82) is 0 Å². The maximum absolute atomic E-state index is 12.5. The van der Waals surface area contributed by atoms with Gasteiger partial charge in [0.05, 0.1) is 9.79 Å². The molecule has 32 heavy (non-hydrogen) atoms. The Morgan fingerprint density at radius 1 is 0.531 bits per heavy atom. The third-order valence-corrected chi connectivity index (χ3v) is 7.31. The van der Waals surface area contributed by atoms with Gasteiger partial charge in [-0.1, -0.05) is 84.0 Å². The summed E-state index contributed by atoms with van der Waals surface area (Å²) in [7, 11) is -7.20. The van der Waals surface area contributed by atoms with Gasteiger partial charge >= 0.3 is 0 Å². The van der Waals surface area contributed by atoms with E-state index in [2.05, 4.69) is 0 Å². The standard InChI is InChI=1S/C26H26O4S2/c1-19-5-9-21(10-6-19)13-15-23-17-26(32(4,29)30)24(18-25(23)31(3,27)28)16-14-22-11-7-20(2)8-12-22/h5-18H,1-4H3/b15-13+,16-14+.